The quantitative estimate of drug-likeness (QED) is 0.904. The van der Waals surface area contributed by atoms with E-state index in [4.69, 9.17) is 11.5 Å². The van der Waals surface area contributed by atoms with Gasteiger partial charge < -0.3 is 11.5 Å². The molecule has 0 fully saturated rings. The van der Waals surface area contributed by atoms with Gasteiger partial charge in [-0.1, -0.05) is 12.1 Å². The van der Waals surface area contributed by atoms with E-state index in [1.807, 2.05) is 0 Å². The molecule has 4 nitrogen and oxygen atoms in total. The second-order valence-electron chi connectivity index (χ2n) is 4.25. The first kappa shape index (κ1) is 14.4. The lowest BCUT2D eigenvalue weighted by atomic mass is 10.1. The molecule has 106 valence electrons. The second-order valence-corrected chi connectivity index (χ2v) is 4.25. The summed E-state index contributed by atoms with van der Waals surface area (Å²) in [6, 6.07) is 5.96. The van der Waals surface area contributed by atoms with E-state index in [2.05, 4.69) is 9.97 Å². The molecule has 0 radical (unpaired) electrons. The van der Waals surface area contributed by atoms with Crippen LogP contribution >= 0.6 is 0 Å². The maximum Gasteiger partial charge on any atom is 0.416 e. The van der Waals surface area contributed by atoms with Crippen molar-refractivity contribution in [2.45, 2.75) is 12.2 Å². The lowest BCUT2D eigenvalue weighted by molar-refractivity contribution is -0.137. The molecular weight excluding hydrogens is 269 g/mol. The standard InChI is InChI=1S/C13H13F3N4/c14-13(15,16)9-3-1-8(2-4-9)11-5-12(10(18)6-17)20-7-19-11/h1-5,7,10H,6,17-18H2. The zero-order valence-electron chi connectivity index (χ0n) is 10.4. The van der Waals surface area contributed by atoms with Crippen LogP contribution in [0.25, 0.3) is 11.3 Å². The van der Waals surface area contributed by atoms with Crippen molar-refractivity contribution in [3.8, 4) is 11.3 Å². The zero-order valence-corrected chi connectivity index (χ0v) is 10.4. The van der Waals surface area contributed by atoms with Crippen LogP contribution in [-0.2, 0) is 6.18 Å². The van der Waals surface area contributed by atoms with Gasteiger partial charge in [-0.05, 0) is 18.2 Å². The van der Waals surface area contributed by atoms with Crippen LogP contribution < -0.4 is 11.5 Å². The van der Waals surface area contributed by atoms with Gasteiger partial charge in [0.05, 0.1) is 23.0 Å². The third-order valence-corrected chi connectivity index (χ3v) is 2.83. The second kappa shape index (κ2) is 5.56. The fourth-order valence-electron chi connectivity index (χ4n) is 1.68. The first-order valence-corrected chi connectivity index (χ1v) is 5.87. The van der Waals surface area contributed by atoms with Crippen molar-refractivity contribution >= 4 is 0 Å². The van der Waals surface area contributed by atoms with E-state index in [1.165, 1.54) is 18.5 Å². The van der Waals surface area contributed by atoms with Gasteiger partial charge in [0.15, 0.2) is 0 Å². The fourth-order valence-corrected chi connectivity index (χ4v) is 1.68. The molecule has 1 aromatic heterocycles. The highest BCUT2D eigenvalue weighted by atomic mass is 19.4. The van der Waals surface area contributed by atoms with E-state index in [-0.39, 0.29) is 6.54 Å². The summed E-state index contributed by atoms with van der Waals surface area (Å²) in [5.74, 6) is 0. The molecule has 0 saturated carbocycles. The number of nitrogens with two attached hydrogens (primary N) is 2. The number of alkyl halides is 3. The SMILES string of the molecule is NCC(N)c1cc(-c2ccc(C(F)(F)F)cc2)ncn1. The summed E-state index contributed by atoms with van der Waals surface area (Å²) in [5, 5.41) is 0. The van der Waals surface area contributed by atoms with Gasteiger partial charge >= 0.3 is 6.18 Å². The highest BCUT2D eigenvalue weighted by molar-refractivity contribution is 5.59. The van der Waals surface area contributed by atoms with Gasteiger partial charge in [-0.3, -0.25) is 0 Å². The summed E-state index contributed by atoms with van der Waals surface area (Å²) in [5.41, 5.74) is 12.1. The van der Waals surface area contributed by atoms with Gasteiger partial charge in [-0.2, -0.15) is 13.2 Å². The van der Waals surface area contributed by atoms with Crippen LogP contribution in [0.2, 0.25) is 0 Å². The molecule has 1 unspecified atom stereocenters. The molecule has 1 heterocycles. The number of halogens is 3. The average molecular weight is 282 g/mol. The maximum atomic E-state index is 12.5. The van der Waals surface area contributed by atoms with Crippen molar-refractivity contribution in [3.63, 3.8) is 0 Å². The lowest BCUT2D eigenvalue weighted by Gasteiger charge is -2.10. The molecule has 4 N–H and O–H groups in total. The summed E-state index contributed by atoms with van der Waals surface area (Å²) < 4.78 is 37.4. The Hall–Kier alpha value is -1.99. The topological polar surface area (TPSA) is 77.8 Å². The molecule has 0 aliphatic rings. The van der Waals surface area contributed by atoms with Gasteiger partial charge in [-0.25, -0.2) is 9.97 Å². The Morgan fingerprint density at radius 2 is 1.75 bits per heavy atom. The molecule has 20 heavy (non-hydrogen) atoms. The third-order valence-electron chi connectivity index (χ3n) is 2.83. The highest BCUT2D eigenvalue weighted by Crippen LogP contribution is 2.30. The number of benzene rings is 1. The molecule has 0 saturated heterocycles. The molecule has 0 bridgehead atoms. The Balaban J connectivity index is 2.32. The number of hydrogen-bond acceptors (Lipinski definition) is 4. The molecule has 0 spiro atoms. The predicted octanol–water partition coefficient (Wildman–Crippen LogP) is 2.12. The minimum Gasteiger partial charge on any atom is -0.329 e. The lowest BCUT2D eigenvalue weighted by Crippen LogP contribution is -2.21. The van der Waals surface area contributed by atoms with Crippen LogP contribution in [-0.4, -0.2) is 16.5 Å². The summed E-state index contributed by atoms with van der Waals surface area (Å²) in [6.07, 6.45) is -3.03. The Kier molecular flexibility index (Phi) is 4.01. The molecule has 7 heteroatoms. The van der Waals surface area contributed by atoms with Crippen LogP contribution in [0.1, 0.15) is 17.3 Å². The Bertz CT molecular complexity index is 581. The summed E-state index contributed by atoms with van der Waals surface area (Å²) in [4.78, 5) is 8.03. The van der Waals surface area contributed by atoms with E-state index in [0.717, 1.165) is 12.1 Å². The first-order chi connectivity index (χ1) is 9.41. The Labute approximate surface area is 113 Å². The largest absolute Gasteiger partial charge is 0.416 e. The molecule has 0 aliphatic carbocycles. The van der Waals surface area contributed by atoms with Gasteiger partial charge in [-0.15, -0.1) is 0 Å². The summed E-state index contributed by atoms with van der Waals surface area (Å²) in [6.45, 7) is 0.226. The van der Waals surface area contributed by atoms with Crippen molar-refractivity contribution in [3.05, 3.63) is 47.9 Å². The average Bonchev–Trinajstić information content (AvgIpc) is 2.46. The molecule has 2 aromatic rings. The monoisotopic (exact) mass is 282 g/mol. The van der Waals surface area contributed by atoms with Crippen molar-refractivity contribution in [2.24, 2.45) is 11.5 Å². The van der Waals surface area contributed by atoms with Crippen LogP contribution in [0, 0.1) is 0 Å². The van der Waals surface area contributed by atoms with E-state index in [0.29, 0.717) is 17.0 Å². The number of rotatable bonds is 3. The van der Waals surface area contributed by atoms with Crippen LogP contribution in [0.4, 0.5) is 13.2 Å². The number of aromatic nitrogens is 2. The van der Waals surface area contributed by atoms with E-state index in [1.54, 1.807) is 6.07 Å². The minimum atomic E-state index is -4.35. The van der Waals surface area contributed by atoms with E-state index >= 15 is 0 Å². The highest BCUT2D eigenvalue weighted by Gasteiger charge is 2.30. The van der Waals surface area contributed by atoms with Gasteiger partial charge in [0.2, 0.25) is 0 Å². The molecule has 2 rings (SSSR count). The molecule has 1 atom stereocenters. The first-order valence-electron chi connectivity index (χ1n) is 5.87. The summed E-state index contributed by atoms with van der Waals surface area (Å²) in [7, 11) is 0. The fraction of sp³-hybridized carbons (Fsp3) is 0.231. The van der Waals surface area contributed by atoms with Crippen LogP contribution in [0.3, 0.4) is 0 Å². The number of hydrogen-bond donors (Lipinski definition) is 2. The van der Waals surface area contributed by atoms with Crippen molar-refractivity contribution in [1.29, 1.82) is 0 Å². The van der Waals surface area contributed by atoms with Crippen molar-refractivity contribution < 1.29 is 13.2 Å². The molecule has 0 amide bonds. The third kappa shape index (κ3) is 3.12. The smallest absolute Gasteiger partial charge is 0.329 e. The minimum absolute atomic E-state index is 0.226. The maximum absolute atomic E-state index is 12.5. The van der Waals surface area contributed by atoms with Crippen LogP contribution in [0.15, 0.2) is 36.7 Å². The normalized spacial score (nSPS) is 13.2. The number of nitrogens with zero attached hydrogens (tertiary/aromatic N) is 2. The zero-order chi connectivity index (χ0) is 14.8. The molecular formula is C13H13F3N4. The molecule has 1 aromatic carbocycles. The van der Waals surface area contributed by atoms with E-state index in [9.17, 15) is 13.2 Å². The summed E-state index contributed by atoms with van der Waals surface area (Å²) >= 11 is 0. The van der Waals surface area contributed by atoms with Crippen molar-refractivity contribution in [2.75, 3.05) is 6.54 Å². The van der Waals surface area contributed by atoms with Crippen molar-refractivity contribution in [1.82, 2.24) is 9.97 Å². The van der Waals surface area contributed by atoms with Gasteiger partial charge in [0.1, 0.15) is 6.33 Å². The van der Waals surface area contributed by atoms with Crippen LogP contribution in [0.5, 0.6) is 0 Å². The molecule has 0 aliphatic heterocycles. The predicted molar refractivity (Wildman–Crippen MR) is 68.5 cm³/mol. The Morgan fingerprint density at radius 3 is 2.30 bits per heavy atom. The van der Waals surface area contributed by atoms with Gasteiger partial charge in [0, 0.05) is 12.1 Å². The Morgan fingerprint density at radius 1 is 1.10 bits per heavy atom. The van der Waals surface area contributed by atoms with Gasteiger partial charge in [0.25, 0.3) is 0 Å². The van der Waals surface area contributed by atoms with E-state index < -0.39 is 17.8 Å².